The molecule has 0 aliphatic carbocycles. The Morgan fingerprint density at radius 3 is 2.12 bits per heavy atom. The first kappa shape index (κ1) is 21.8. The topological polar surface area (TPSA) is 69.2 Å². The van der Waals surface area contributed by atoms with Gasteiger partial charge in [0, 0.05) is 18.1 Å². The van der Waals surface area contributed by atoms with Crippen LogP contribution in [-0.2, 0) is 4.79 Å². The van der Waals surface area contributed by atoms with E-state index in [0.29, 0.717) is 29.2 Å². The molecule has 0 heterocycles. The Bertz CT molecular complexity index is 573. The van der Waals surface area contributed by atoms with E-state index in [9.17, 15) is 4.79 Å². The summed E-state index contributed by atoms with van der Waals surface area (Å²) in [6.45, 7) is 2.21. The smallest absolute Gasteiger partial charge is 0.240 e. The summed E-state index contributed by atoms with van der Waals surface area (Å²) in [6.07, 6.45) is 10.3. The second kappa shape index (κ2) is 13.0. The molecule has 6 nitrogen and oxygen atoms in total. The van der Waals surface area contributed by atoms with Crippen molar-refractivity contribution < 1.29 is 19.0 Å². The molecule has 0 bridgehead atoms. The minimum absolute atomic E-state index is 0.0748. The number of benzene rings is 1. The van der Waals surface area contributed by atoms with Crippen molar-refractivity contribution in [1.82, 2.24) is 5.43 Å². The Hall–Kier alpha value is -2.24. The van der Waals surface area contributed by atoms with Crippen LogP contribution in [0.3, 0.4) is 0 Å². The highest BCUT2D eigenvalue weighted by Gasteiger charge is 2.10. The Balaban J connectivity index is 2.44. The number of methoxy groups -OCH3 is 3. The zero-order chi connectivity index (χ0) is 19.2. The van der Waals surface area contributed by atoms with Crippen molar-refractivity contribution in [3.8, 4) is 17.2 Å². The number of hydrazone groups is 1. The van der Waals surface area contributed by atoms with Gasteiger partial charge in [-0.1, -0.05) is 45.4 Å². The Kier molecular flexibility index (Phi) is 10.9. The van der Waals surface area contributed by atoms with Crippen LogP contribution >= 0.6 is 0 Å². The van der Waals surface area contributed by atoms with Crippen LogP contribution in [0.1, 0.15) is 63.9 Å². The Labute approximate surface area is 156 Å². The quantitative estimate of drug-likeness (QED) is 0.322. The molecule has 0 aliphatic heterocycles. The molecule has 1 aromatic carbocycles. The average Bonchev–Trinajstić information content (AvgIpc) is 2.66. The number of carbonyl (C=O) groups is 1. The molecule has 0 atom stereocenters. The maximum atomic E-state index is 11.8. The number of amides is 1. The summed E-state index contributed by atoms with van der Waals surface area (Å²) in [5, 5.41) is 4.02. The summed E-state index contributed by atoms with van der Waals surface area (Å²) in [5.74, 6) is 1.66. The van der Waals surface area contributed by atoms with E-state index in [1.54, 1.807) is 39.7 Å². The zero-order valence-electron chi connectivity index (χ0n) is 16.5. The lowest BCUT2D eigenvalue weighted by atomic mass is 10.1. The van der Waals surface area contributed by atoms with Crippen molar-refractivity contribution in [2.45, 2.75) is 58.3 Å². The molecule has 0 aliphatic rings. The van der Waals surface area contributed by atoms with E-state index in [-0.39, 0.29) is 5.91 Å². The molecule has 146 valence electrons. The summed E-state index contributed by atoms with van der Waals surface area (Å²) in [6, 6.07) is 3.48. The predicted molar refractivity (Wildman–Crippen MR) is 104 cm³/mol. The molecule has 0 fully saturated rings. The van der Waals surface area contributed by atoms with Crippen LogP contribution in [0.15, 0.2) is 17.2 Å². The number of ether oxygens (including phenoxy) is 3. The number of hydrogen-bond acceptors (Lipinski definition) is 5. The van der Waals surface area contributed by atoms with Crippen LogP contribution in [0, 0.1) is 0 Å². The molecule has 0 spiro atoms. The van der Waals surface area contributed by atoms with Gasteiger partial charge < -0.3 is 14.2 Å². The van der Waals surface area contributed by atoms with E-state index in [0.717, 1.165) is 12.8 Å². The largest absolute Gasteiger partial charge is 0.496 e. The maximum absolute atomic E-state index is 11.8. The van der Waals surface area contributed by atoms with Crippen molar-refractivity contribution in [2.24, 2.45) is 5.10 Å². The fourth-order valence-electron chi connectivity index (χ4n) is 2.63. The second-order valence-corrected chi connectivity index (χ2v) is 6.11. The van der Waals surface area contributed by atoms with Crippen molar-refractivity contribution in [3.05, 3.63) is 17.7 Å². The monoisotopic (exact) mass is 364 g/mol. The summed E-state index contributed by atoms with van der Waals surface area (Å²) >= 11 is 0. The van der Waals surface area contributed by atoms with E-state index < -0.39 is 0 Å². The third-order valence-electron chi connectivity index (χ3n) is 4.14. The van der Waals surface area contributed by atoms with E-state index in [4.69, 9.17) is 14.2 Å². The van der Waals surface area contributed by atoms with Crippen LogP contribution in [0.25, 0.3) is 0 Å². The summed E-state index contributed by atoms with van der Waals surface area (Å²) in [7, 11) is 4.70. The van der Waals surface area contributed by atoms with E-state index in [1.165, 1.54) is 32.1 Å². The molecular weight excluding hydrogens is 332 g/mol. The number of carbonyl (C=O) groups excluding carboxylic acids is 1. The van der Waals surface area contributed by atoms with E-state index in [2.05, 4.69) is 17.5 Å². The Morgan fingerprint density at radius 2 is 1.50 bits per heavy atom. The summed E-state index contributed by atoms with van der Waals surface area (Å²) in [4.78, 5) is 11.8. The van der Waals surface area contributed by atoms with Gasteiger partial charge in [0.15, 0.2) is 11.5 Å². The average molecular weight is 364 g/mol. The molecule has 0 aromatic heterocycles. The van der Waals surface area contributed by atoms with Crippen molar-refractivity contribution in [2.75, 3.05) is 21.3 Å². The zero-order valence-corrected chi connectivity index (χ0v) is 16.5. The van der Waals surface area contributed by atoms with Crippen LogP contribution < -0.4 is 19.6 Å². The van der Waals surface area contributed by atoms with Gasteiger partial charge in [-0.3, -0.25) is 4.79 Å². The molecule has 1 amide bonds. The molecule has 0 saturated carbocycles. The molecule has 26 heavy (non-hydrogen) atoms. The first-order valence-corrected chi connectivity index (χ1v) is 9.28. The lowest BCUT2D eigenvalue weighted by molar-refractivity contribution is -0.121. The normalized spacial score (nSPS) is 10.8. The number of unbranched alkanes of at least 4 members (excludes halogenated alkanes) is 6. The van der Waals surface area contributed by atoms with Crippen molar-refractivity contribution in [1.29, 1.82) is 0 Å². The van der Waals surface area contributed by atoms with Gasteiger partial charge in [0.05, 0.1) is 27.5 Å². The minimum atomic E-state index is -0.0748. The molecule has 0 radical (unpaired) electrons. The molecule has 6 heteroatoms. The molecule has 0 unspecified atom stereocenters. The number of nitrogens with one attached hydrogen (secondary N) is 1. The summed E-state index contributed by atoms with van der Waals surface area (Å²) in [5.41, 5.74) is 3.26. The molecular formula is C20H32N2O4. The number of rotatable bonds is 13. The Morgan fingerprint density at radius 1 is 0.923 bits per heavy atom. The third kappa shape index (κ3) is 7.76. The first-order valence-electron chi connectivity index (χ1n) is 9.28. The third-order valence-corrected chi connectivity index (χ3v) is 4.14. The van der Waals surface area contributed by atoms with Crippen LogP contribution in [0.5, 0.6) is 17.2 Å². The van der Waals surface area contributed by atoms with E-state index >= 15 is 0 Å². The van der Waals surface area contributed by atoms with Gasteiger partial charge in [-0.15, -0.1) is 0 Å². The molecule has 1 N–H and O–H groups in total. The van der Waals surface area contributed by atoms with Crippen molar-refractivity contribution in [3.63, 3.8) is 0 Å². The van der Waals surface area contributed by atoms with E-state index in [1.807, 2.05) is 0 Å². The van der Waals surface area contributed by atoms with Gasteiger partial charge in [-0.2, -0.15) is 5.10 Å². The van der Waals surface area contributed by atoms with Crippen LogP contribution in [-0.4, -0.2) is 33.5 Å². The van der Waals surface area contributed by atoms with Gasteiger partial charge in [0.25, 0.3) is 0 Å². The van der Waals surface area contributed by atoms with Gasteiger partial charge in [0.2, 0.25) is 5.91 Å². The minimum Gasteiger partial charge on any atom is -0.496 e. The second-order valence-electron chi connectivity index (χ2n) is 6.11. The highest BCUT2D eigenvalue weighted by Crippen LogP contribution is 2.33. The maximum Gasteiger partial charge on any atom is 0.240 e. The lowest BCUT2D eigenvalue weighted by Crippen LogP contribution is -2.17. The van der Waals surface area contributed by atoms with Crippen molar-refractivity contribution >= 4 is 12.1 Å². The van der Waals surface area contributed by atoms with Crippen LogP contribution in [0.4, 0.5) is 0 Å². The first-order chi connectivity index (χ1) is 12.7. The summed E-state index contributed by atoms with van der Waals surface area (Å²) < 4.78 is 15.8. The SMILES string of the molecule is CCCCCCCCCC(=O)N/N=C/c1cc(OC)c(OC)cc1OC. The lowest BCUT2D eigenvalue weighted by Gasteiger charge is -2.11. The standard InChI is InChI=1S/C20H32N2O4/c1-5-6-7-8-9-10-11-12-20(23)22-21-15-16-13-18(25-3)19(26-4)14-17(16)24-2/h13-15H,5-12H2,1-4H3,(H,22,23)/b21-15+. The fraction of sp³-hybridized carbons (Fsp3) is 0.600. The highest BCUT2D eigenvalue weighted by molar-refractivity contribution is 5.86. The van der Waals surface area contributed by atoms with Gasteiger partial charge in [0.1, 0.15) is 5.75 Å². The predicted octanol–water partition coefficient (Wildman–Crippen LogP) is 4.30. The number of nitrogens with zero attached hydrogens (tertiary/aromatic N) is 1. The van der Waals surface area contributed by atoms with Gasteiger partial charge >= 0.3 is 0 Å². The molecule has 0 saturated heterocycles. The molecule has 1 rings (SSSR count). The molecule has 1 aromatic rings. The van der Waals surface area contributed by atoms with Gasteiger partial charge in [-0.25, -0.2) is 5.43 Å². The fourth-order valence-corrected chi connectivity index (χ4v) is 2.63. The van der Waals surface area contributed by atoms with Gasteiger partial charge in [-0.05, 0) is 12.5 Å². The highest BCUT2D eigenvalue weighted by atomic mass is 16.5. The van der Waals surface area contributed by atoms with Crippen LogP contribution in [0.2, 0.25) is 0 Å². The number of hydrogen-bond donors (Lipinski definition) is 1.